The Morgan fingerprint density at radius 2 is 1.85 bits per heavy atom. The van der Waals surface area contributed by atoms with Crippen LogP contribution in [-0.4, -0.2) is 25.5 Å². The topological polar surface area (TPSA) is 58.6 Å². The Labute approximate surface area is 164 Å². The molecule has 3 rings (SSSR count). The molecular formula is C21H23ClN2O3. The normalized spacial score (nSPS) is 16.6. The minimum absolute atomic E-state index is 0.0354. The van der Waals surface area contributed by atoms with E-state index in [0.29, 0.717) is 23.0 Å². The van der Waals surface area contributed by atoms with E-state index in [-0.39, 0.29) is 18.2 Å². The second-order valence-electron chi connectivity index (χ2n) is 6.94. The number of anilines is 2. The number of nitrogens with zero attached hydrogens (tertiary/aromatic N) is 1. The zero-order valence-electron chi connectivity index (χ0n) is 15.9. The van der Waals surface area contributed by atoms with Crippen LogP contribution < -0.4 is 15.0 Å². The van der Waals surface area contributed by atoms with Gasteiger partial charge in [0.15, 0.2) is 0 Å². The number of carbonyl (C=O) groups is 2. The highest BCUT2D eigenvalue weighted by atomic mass is 35.5. The SMILES string of the molecule is COc1cc(Cl)c(C)cc1NC(=O)C1CC(=O)N(c2c(C)cccc2C)C1. The van der Waals surface area contributed by atoms with Crippen molar-refractivity contribution in [3.8, 4) is 5.75 Å². The standard InChI is InChI=1S/C21H23ClN2O3/c1-12-6-5-7-13(2)20(12)24-11-15(9-19(24)25)21(26)23-17-8-14(3)16(22)10-18(17)27-4/h5-8,10,15H,9,11H2,1-4H3,(H,23,26). The molecule has 1 aliphatic heterocycles. The molecule has 5 nitrogen and oxygen atoms in total. The van der Waals surface area contributed by atoms with E-state index < -0.39 is 5.92 Å². The van der Waals surface area contributed by atoms with E-state index in [2.05, 4.69) is 5.32 Å². The number of carbonyl (C=O) groups excluding carboxylic acids is 2. The molecule has 1 fully saturated rings. The zero-order chi connectivity index (χ0) is 19.7. The predicted octanol–water partition coefficient (Wildman–Crippen LogP) is 4.27. The number of rotatable bonds is 4. The number of benzene rings is 2. The maximum atomic E-state index is 12.8. The van der Waals surface area contributed by atoms with Crippen LogP contribution in [0.3, 0.4) is 0 Å². The summed E-state index contributed by atoms with van der Waals surface area (Å²) in [6, 6.07) is 9.37. The van der Waals surface area contributed by atoms with Gasteiger partial charge in [0.2, 0.25) is 11.8 Å². The summed E-state index contributed by atoms with van der Waals surface area (Å²) in [6.45, 7) is 6.18. The molecule has 0 radical (unpaired) electrons. The van der Waals surface area contributed by atoms with Crippen molar-refractivity contribution in [1.82, 2.24) is 0 Å². The van der Waals surface area contributed by atoms with Gasteiger partial charge in [0, 0.05) is 29.7 Å². The minimum Gasteiger partial charge on any atom is -0.495 e. The van der Waals surface area contributed by atoms with Gasteiger partial charge in [-0.05, 0) is 43.5 Å². The van der Waals surface area contributed by atoms with Crippen molar-refractivity contribution in [2.75, 3.05) is 23.9 Å². The Bertz CT molecular complexity index is 890. The van der Waals surface area contributed by atoms with Crippen LogP contribution in [0.5, 0.6) is 5.75 Å². The van der Waals surface area contributed by atoms with E-state index in [4.69, 9.17) is 16.3 Å². The van der Waals surface area contributed by atoms with Crippen molar-refractivity contribution >= 4 is 34.8 Å². The van der Waals surface area contributed by atoms with E-state index in [1.54, 1.807) is 17.0 Å². The smallest absolute Gasteiger partial charge is 0.229 e. The number of methoxy groups -OCH3 is 1. The Kier molecular flexibility index (Phi) is 5.42. The third kappa shape index (κ3) is 3.78. The van der Waals surface area contributed by atoms with Gasteiger partial charge in [-0.15, -0.1) is 0 Å². The summed E-state index contributed by atoms with van der Waals surface area (Å²) in [7, 11) is 1.53. The van der Waals surface area contributed by atoms with Crippen LogP contribution in [0.1, 0.15) is 23.1 Å². The molecule has 1 unspecified atom stereocenters. The first kappa shape index (κ1) is 19.2. The summed E-state index contributed by atoms with van der Waals surface area (Å²) in [5.41, 5.74) is 4.35. The maximum Gasteiger partial charge on any atom is 0.229 e. The molecule has 0 bridgehead atoms. The predicted molar refractivity (Wildman–Crippen MR) is 108 cm³/mol. The molecular weight excluding hydrogens is 364 g/mol. The van der Waals surface area contributed by atoms with Crippen molar-refractivity contribution in [3.63, 3.8) is 0 Å². The van der Waals surface area contributed by atoms with Gasteiger partial charge in [-0.2, -0.15) is 0 Å². The van der Waals surface area contributed by atoms with Gasteiger partial charge < -0.3 is 15.0 Å². The summed E-state index contributed by atoms with van der Waals surface area (Å²) in [5.74, 6) is -0.156. The molecule has 1 heterocycles. The maximum absolute atomic E-state index is 12.8. The highest BCUT2D eigenvalue weighted by Crippen LogP contribution is 2.34. The fourth-order valence-corrected chi connectivity index (χ4v) is 3.65. The molecule has 0 spiro atoms. The molecule has 0 saturated carbocycles. The number of aryl methyl sites for hydroxylation is 3. The summed E-state index contributed by atoms with van der Waals surface area (Å²) >= 11 is 6.12. The van der Waals surface area contributed by atoms with Crippen LogP contribution in [0.15, 0.2) is 30.3 Å². The van der Waals surface area contributed by atoms with Gasteiger partial charge in [0.1, 0.15) is 5.75 Å². The highest BCUT2D eigenvalue weighted by molar-refractivity contribution is 6.31. The van der Waals surface area contributed by atoms with Gasteiger partial charge in [-0.3, -0.25) is 9.59 Å². The molecule has 2 aromatic rings. The molecule has 27 heavy (non-hydrogen) atoms. The molecule has 1 N–H and O–H groups in total. The second-order valence-corrected chi connectivity index (χ2v) is 7.34. The number of para-hydroxylation sites is 1. The molecule has 1 saturated heterocycles. The number of nitrogens with one attached hydrogen (secondary N) is 1. The van der Waals surface area contributed by atoms with Gasteiger partial charge in [-0.1, -0.05) is 29.8 Å². The lowest BCUT2D eigenvalue weighted by Crippen LogP contribution is -2.29. The number of hydrogen-bond donors (Lipinski definition) is 1. The van der Waals surface area contributed by atoms with Gasteiger partial charge in [0.25, 0.3) is 0 Å². The summed E-state index contributed by atoms with van der Waals surface area (Å²) < 4.78 is 5.31. The van der Waals surface area contributed by atoms with Crippen LogP contribution >= 0.6 is 11.6 Å². The van der Waals surface area contributed by atoms with Gasteiger partial charge in [-0.25, -0.2) is 0 Å². The van der Waals surface area contributed by atoms with Crippen LogP contribution in [-0.2, 0) is 9.59 Å². The number of hydrogen-bond acceptors (Lipinski definition) is 3. The molecule has 1 aliphatic rings. The van der Waals surface area contributed by atoms with E-state index >= 15 is 0 Å². The number of halogens is 1. The summed E-state index contributed by atoms with van der Waals surface area (Å²) in [5, 5.41) is 3.46. The number of amides is 2. The largest absolute Gasteiger partial charge is 0.495 e. The second kappa shape index (κ2) is 7.61. The van der Waals surface area contributed by atoms with Crippen molar-refractivity contribution in [3.05, 3.63) is 52.0 Å². The van der Waals surface area contributed by atoms with E-state index in [1.807, 2.05) is 39.0 Å². The lowest BCUT2D eigenvalue weighted by Gasteiger charge is -2.21. The monoisotopic (exact) mass is 386 g/mol. The summed E-state index contributed by atoms with van der Waals surface area (Å²) in [6.07, 6.45) is 0.189. The number of ether oxygens (including phenoxy) is 1. The molecule has 6 heteroatoms. The highest BCUT2D eigenvalue weighted by Gasteiger charge is 2.36. The first-order valence-electron chi connectivity index (χ1n) is 8.83. The van der Waals surface area contributed by atoms with Crippen molar-refractivity contribution in [1.29, 1.82) is 0 Å². The lowest BCUT2D eigenvalue weighted by molar-refractivity contribution is -0.122. The van der Waals surface area contributed by atoms with Crippen molar-refractivity contribution in [2.24, 2.45) is 5.92 Å². The molecule has 1 atom stereocenters. The molecule has 142 valence electrons. The zero-order valence-corrected chi connectivity index (χ0v) is 16.7. The first-order chi connectivity index (χ1) is 12.8. The van der Waals surface area contributed by atoms with Crippen molar-refractivity contribution < 1.29 is 14.3 Å². The van der Waals surface area contributed by atoms with Crippen LogP contribution in [0.4, 0.5) is 11.4 Å². The average Bonchev–Trinajstić information content (AvgIpc) is 2.99. The third-order valence-electron chi connectivity index (χ3n) is 4.94. The Morgan fingerprint density at radius 1 is 1.19 bits per heavy atom. The Hall–Kier alpha value is -2.53. The molecule has 2 amide bonds. The lowest BCUT2D eigenvalue weighted by atomic mass is 10.1. The fourth-order valence-electron chi connectivity index (χ4n) is 3.50. The Balaban J connectivity index is 1.80. The minimum atomic E-state index is -0.419. The quantitative estimate of drug-likeness (QED) is 0.853. The van der Waals surface area contributed by atoms with Gasteiger partial charge in [0.05, 0.1) is 18.7 Å². The van der Waals surface area contributed by atoms with Crippen LogP contribution in [0.25, 0.3) is 0 Å². The molecule has 2 aromatic carbocycles. The first-order valence-corrected chi connectivity index (χ1v) is 9.21. The van der Waals surface area contributed by atoms with E-state index in [0.717, 1.165) is 22.4 Å². The van der Waals surface area contributed by atoms with E-state index in [9.17, 15) is 9.59 Å². The Morgan fingerprint density at radius 3 is 2.48 bits per heavy atom. The van der Waals surface area contributed by atoms with Crippen LogP contribution in [0, 0.1) is 26.7 Å². The average molecular weight is 387 g/mol. The van der Waals surface area contributed by atoms with Gasteiger partial charge >= 0.3 is 0 Å². The third-order valence-corrected chi connectivity index (χ3v) is 5.35. The van der Waals surface area contributed by atoms with E-state index in [1.165, 1.54) is 7.11 Å². The summed E-state index contributed by atoms with van der Waals surface area (Å²) in [4.78, 5) is 27.1. The fraction of sp³-hybridized carbons (Fsp3) is 0.333. The van der Waals surface area contributed by atoms with Crippen LogP contribution in [0.2, 0.25) is 5.02 Å². The van der Waals surface area contributed by atoms with Crippen molar-refractivity contribution in [2.45, 2.75) is 27.2 Å². The molecule has 0 aliphatic carbocycles. The molecule has 0 aromatic heterocycles.